The molecule has 1 N–H and O–H groups in total. The Hall–Kier alpha value is -3.44. The van der Waals surface area contributed by atoms with Crippen molar-refractivity contribution in [2.45, 2.75) is 77.6 Å². The summed E-state index contributed by atoms with van der Waals surface area (Å²) in [6.45, 7) is 7.58. The largest absolute Gasteiger partial charge is 0.490 e. The molecule has 0 heterocycles. The summed E-state index contributed by atoms with van der Waals surface area (Å²) in [4.78, 5) is 11.6. The summed E-state index contributed by atoms with van der Waals surface area (Å²) in [5.74, 6) is 1.27. The molecule has 3 aromatic rings. The molecule has 42 heavy (non-hydrogen) atoms. The lowest BCUT2D eigenvalue weighted by atomic mass is 9.77. The molecule has 0 unspecified atom stereocenters. The predicted molar refractivity (Wildman–Crippen MR) is 168 cm³/mol. The summed E-state index contributed by atoms with van der Waals surface area (Å²) < 4.78 is 26.4. The van der Waals surface area contributed by atoms with Crippen LogP contribution >= 0.6 is 0 Å². The maximum absolute atomic E-state index is 15.4. The average molecular weight is 573 g/mol. The van der Waals surface area contributed by atoms with Gasteiger partial charge in [0.05, 0.1) is 0 Å². The number of carbonyl (C=O) groups excluding carboxylic acids is 1. The van der Waals surface area contributed by atoms with Gasteiger partial charge in [0.15, 0.2) is 0 Å². The molecule has 5 heteroatoms. The van der Waals surface area contributed by atoms with E-state index in [0.717, 1.165) is 22.6 Å². The van der Waals surface area contributed by atoms with E-state index >= 15 is 4.39 Å². The second-order valence-electron chi connectivity index (χ2n) is 11.6. The van der Waals surface area contributed by atoms with E-state index in [4.69, 9.17) is 9.47 Å². The Morgan fingerprint density at radius 1 is 0.929 bits per heavy atom. The van der Waals surface area contributed by atoms with Crippen LogP contribution in [0.4, 0.5) is 4.39 Å². The van der Waals surface area contributed by atoms with Crippen molar-refractivity contribution in [1.82, 2.24) is 0 Å². The van der Waals surface area contributed by atoms with Gasteiger partial charge in [-0.05, 0) is 90.8 Å². The summed E-state index contributed by atoms with van der Waals surface area (Å²) in [6.07, 6.45) is 11.0. The van der Waals surface area contributed by atoms with Gasteiger partial charge in [0.2, 0.25) is 0 Å². The summed E-state index contributed by atoms with van der Waals surface area (Å²) in [7, 11) is 0. The zero-order valence-corrected chi connectivity index (χ0v) is 25.2. The highest BCUT2D eigenvalue weighted by atomic mass is 19.1. The van der Waals surface area contributed by atoms with E-state index in [1.165, 1.54) is 56.9 Å². The quantitative estimate of drug-likeness (QED) is 0.119. The van der Waals surface area contributed by atoms with Gasteiger partial charge in [-0.2, -0.15) is 0 Å². The first-order valence-corrected chi connectivity index (χ1v) is 15.5. The van der Waals surface area contributed by atoms with Gasteiger partial charge in [0.25, 0.3) is 0 Å². The number of benzene rings is 3. The zero-order valence-electron chi connectivity index (χ0n) is 25.2. The second-order valence-corrected chi connectivity index (χ2v) is 11.6. The van der Waals surface area contributed by atoms with E-state index in [-0.39, 0.29) is 25.6 Å². The summed E-state index contributed by atoms with van der Waals surface area (Å²) in [5.41, 5.74) is 5.51. The Bertz CT molecular complexity index is 1320. The molecule has 0 aromatic heterocycles. The van der Waals surface area contributed by atoms with Crippen molar-refractivity contribution in [1.29, 1.82) is 0 Å². The Morgan fingerprint density at radius 3 is 2.31 bits per heavy atom. The summed E-state index contributed by atoms with van der Waals surface area (Å²) in [6, 6.07) is 19.5. The molecule has 0 saturated heterocycles. The molecule has 1 aliphatic rings. The van der Waals surface area contributed by atoms with Crippen LogP contribution in [0.2, 0.25) is 0 Å². The molecule has 4 rings (SSSR count). The number of carbonyl (C=O) groups is 1. The van der Waals surface area contributed by atoms with Gasteiger partial charge in [-0.3, -0.25) is 0 Å². The van der Waals surface area contributed by atoms with Gasteiger partial charge in [-0.25, -0.2) is 9.18 Å². The van der Waals surface area contributed by atoms with Gasteiger partial charge in [-0.1, -0.05) is 87.7 Å². The second kappa shape index (κ2) is 15.7. The number of rotatable bonds is 14. The van der Waals surface area contributed by atoms with Crippen LogP contribution in [0.1, 0.15) is 82.3 Å². The van der Waals surface area contributed by atoms with Crippen LogP contribution in [-0.2, 0) is 16.0 Å². The number of halogens is 1. The van der Waals surface area contributed by atoms with Crippen LogP contribution in [0, 0.1) is 11.7 Å². The highest BCUT2D eigenvalue weighted by Gasteiger charge is 2.22. The molecular weight excluding hydrogens is 527 g/mol. The lowest BCUT2D eigenvalue weighted by molar-refractivity contribution is -0.139. The molecule has 0 radical (unpaired) electrons. The lowest BCUT2D eigenvalue weighted by Gasteiger charge is -2.29. The van der Waals surface area contributed by atoms with Crippen LogP contribution in [0.5, 0.6) is 5.75 Å². The Labute approximate surface area is 250 Å². The number of aliphatic hydroxyl groups excluding tert-OH is 1. The van der Waals surface area contributed by atoms with Crippen molar-refractivity contribution in [2.24, 2.45) is 5.92 Å². The fourth-order valence-corrected chi connectivity index (χ4v) is 5.94. The molecule has 1 aliphatic carbocycles. The minimum absolute atomic E-state index is 0.0392. The number of ether oxygens (including phenoxy) is 2. The molecule has 0 amide bonds. The standard InChI is InChI=1S/C37H45FO4/c1-4-5-6-7-27-8-10-28(11-9-27)29-12-14-30(15-13-29)32-18-19-34(35(38)24-32)33-17-16-31(20-21-39)36(25-33)41-22-23-42-37(40)26(2)3/h12-19,24-25,27-28,39H,2,4-11,20-23H2,1,3H3. The third-order valence-electron chi connectivity index (χ3n) is 8.43. The van der Waals surface area contributed by atoms with E-state index in [2.05, 4.69) is 37.8 Å². The van der Waals surface area contributed by atoms with E-state index in [1.807, 2.05) is 18.2 Å². The first-order valence-electron chi connectivity index (χ1n) is 15.5. The van der Waals surface area contributed by atoms with Crippen LogP contribution in [-0.4, -0.2) is 30.9 Å². The maximum Gasteiger partial charge on any atom is 0.333 e. The molecule has 1 saturated carbocycles. The number of aliphatic hydroxyl groups is 1. The van der Waals surface area contributed by atoms with Crippen LogP contribution in [0.15, 0.2) is 72.8 Å². The monoisotopic (exact) mass is 572 g/mol. The molecule has 1 fully saturated rings. The SMILES string of the molecule is C=C(C)C(=O)OCCOc1cc(-c2ccc(-c3ccc(C4CCC(CCCCC)CC4)cc3)cc2F)ccc1CCO. The molecule has 0 spiro atoms. The Morgan fingerprint density at radius 2 is 1.64 bits per heavy atom. The maximum atomic E-state index is 15.4. The lowest BCUT2D eigenvalue weighted by Crippen LogP contribution is -2.13. The highest BCUT2D eigenvalue weighted by molar-refractivity contribution is 5.86. The minimum atomic E-state index is -0.472. The topological polar surface area (TPSA) is 55.8 Å². The van der Waals surface area contributed by atoms with Crippen molar-refractivity contribution in [3.8, 4) is 28.0 Å². The van der Waals surface area contributed by atoms with Crippen molar-refractivity contribution < 1.29 is 23.8 Å². The van der Waals surface area contributed by atoms with E-state index in [1.54, 1.807) is 25.1 Å². The molecule has 0 bridgehead atoms. The van der Waals surface area contributed by atoms with Gasteiger partial charge >= 0.3 is 5.97 Å². The Kier molecular flexibility index (Phi) is 11.8. The number of hydrogen-bond donors (Lipinski definition) is 1. The van der Waals surface area contributed by atoms with Crippen LogP contribution in [0.3, 0.4) is 0 Å². The Balaban J connectivity index is 1.41. The van der Waals surface area contributed by atoms with Gasteiger partial charge < -0.3 is 14.6 Å². The van der Waals surface area contributed by atoms with Crippen molar-refractivity contribution in [2.75, 3.05) is 19.8 Å². The molecule has 4 nitrogen and oxygen atoms in total. The smallest absolute Gasteiger partial charge is 0.333 e. The average Bonchev–Trinajstić information content (AvgIpc) is 3.00. The predicted octanol–water partition coefficient (Wildman–Crippen LogP) is 9.05. The first kappa shape index (κ1) is 31.5. The number of hydrogen-bond acceptors (Lipinski definition) is 4. The molecular formula is C37H45FO4. The fourth-order valence-electron chi connectivity index (χ4n) is 5.94. The normalized spacial score (nSPS) is 16.7. The van der Waals surface area contributed by atoms with Crippen molar-refractivity contribution >= 4 is 5.97 Å². The number of unbranched alkanes of at least 4 members (excludes halogenated alkanes) is 2. The molecule has 224 valence electrons. The van der Waals surface area contributed by atoms with Gasteiger partial charge in [-0.15, -0.1) is 0 Å². The zero-order chi connectivity index (χ0) is 29.9. The summed E-state index contributed by atoms with van der Waals surface area (Å²) in [5, 5.41) is 9.46. The van der Waals surface area contributed by atoms with E-state index in [0.29, 0.717) is 34.8 Å². The van der Waals surface area contributed by atoms with Crippen molar-refractivity contribution in [3.63, 3.8) is 0 Å². The van der Waals surface area contributed by atoms with Gasteiger partial charge in [0, 0.05) is 17.7 Å². The van der Waals surface area contributed by atoms with Crippen molar-refractivity contribution in [3.05, 3.63) is 89.8 Å². The minimum Gasteiger partial charge on any atom is -0.490 e. The first-order chi connectivity index (χ1) is 20.4. The molecule has 0 atom stereocenters. The highest BCUT2D eigenvalue weighted by Crippen LogP contribution is 2.39. The number of esters is 1. The fraction of sp³-hybridized carbons (Fsp3) is 0.432. The van der Waals surface area contributed by atoms with E-state index < -0.39 is 5.97 Å². The van der Waals surface area contributed by atoms with Gasteiger partial charge in [0.1, 0.15) is 24.8 Å². The van der Waals surface area contributed by atoms with Crippen LogP contribution in [0.25, 0.3) is 22.3 Å². The molecule has 0 aliphatic heterocycles. The third-order valence-corrected chi connectivity index (χ3v) is 8.43. The molecule has 3 aromatic carbocycles. The van der Waals surface area contributed by atoms with E-state index in [9.17, 15) is 9.90 Å². The third kappa shape index (κ3) is 8.54. The van der Waals surface area contributed by atoms with Crippen LogP contribution < -0.4 is 4.74 Å². The summed E-state index contributed by atoms with van der Waals surface area (Å²) >= 11 is 0.